The van der Waals surface area contributed by atoms with Crippen molar-refractivity contribution in [2.45, 2.75) is 71.1 Å². The van der Waals surface area contributed by atoms with Gasteiger partial charge >= 0.3 is 0 Å². The van der Waals surface area contributed by atoms with Crippen LogP contribution in [0.5, 0.6) is 0 Å². The van der Waals surface area contributed by atoms with E-state index in [0.29, 0.717) is 12.0 Å². The maximum absolute atomic E-state index is 14.6. The van der Waals surface area contributed by atoms with Crippen molar-refractivity contribution in [1.82, 2.24) is 0 Å². The van der Waals surface area contributed by atoms with Gasteiger partial charge in [0.2, 0.25) is 0 Å². The molecule has 1 aliphatic rings. The van der Waals surface area contributed by atoms with Crippen molar-refractivity contribution in [1.29, 1.82) is 0 Å². The molecule has 1 aliphatic carbocycles. The number of halogens is 4. The Bertz CT molecular complexity index is 787. The van der Waals surface area contributed by atoms with E-state index in [-0.39, 0.29) is 16.1 Å². The van der Waals surface area contributed by atoms with Gasteiger partial charge in [0.25, 0.3) is 0 Å². The first-order chi connectivity index (χ1) is 14.0. The predicted octanol–water partition coefficient (Wildman–Crippen LogP) is 8.74. The van der Waals surface area contributed by atoms with Crippen molar-refractivity contribution in [2.24, 2.45) is 11.8 Å². The molecule has 0 aliphatic heterocycles. The van der Waals surface area contributed by atoms with E-state index in [2.05, 4.69) is 6.92 Å². The second-order valence-corrected chi connectivity index (χ2v) is 8.89. The summed E-state index contributed by atoms with van der Waals surface area (Å²) in [4.78, 5) is 0. The van der Waals surface area contributed by atoms with Crippen LogP contribution in [0.1, 0.15) is 70.3 Å². The second-order valence-electron chi connectivity index (χ2n) is 8.48. The Morgan fingerprint density at radius 3 is 1.97 bits per heavy atom. The number of benzene rings is 2. The van der Waals surface area contributed by atoms with E-state index < -0.39 is 17.5 Å². The quantitative estimate of drug-likeness (QED) is 0.398. The lowest BCUT2D eigenvalue weighted by Crippen LogP contribution is -2.14. The molecular formula is C25H30ClF3. The Hall–Kier alpha value is -1.48. The average molecular weight is 423 g/mol. The van der Waals surface area contributed by atoms with Crippen LogP contribution < -0.4 is 0 Å². The van der Waals surface area contributed by atoms with Gasteiger partial charge in [0, 0.05) is 0 Å². The minimum Gasteiger partial charge on any atom is -0.206 e. The minimum atomic E-state index is -0.684. The zero-order chi connectivity index (χ0) is 20.8. The maximum Gasteiger partial charge on any atom is 0.142 e. The van der Waals surface area contributed by atoms with E-state index in [4.69, 9.17) is 11.6 Å². The Balaban J connectivity index is 1.54. The summed E-state index contributed by atoms with van der Waals surface area (Å²) in [6, 6.07) is 6.58. The Kier molecular flexibility index (Phi) is 8.06. The maximum atomic E-state index is 14.6. The lowest BCUT2D eigenvalue weighted by molar-refractivity contribution is 0.247. The molecule has 0 saturated heterocycles. The number of hydrogen-bond acceptors (Lipinski definition) is 0. The predicted molar refractivity (Wildman–Crippen MR) is 115 cm³/mol. The van der Waals surface area contributed by atoms with Gasteiger partial charge in [-0.1, -0.05) is 76.0 Å². The van der Waals surface area contributed by atoms with Gasteiger partial charge in [-0.15, -0.1) is 0 Å². The van der Waals surface area contributed by atoms with Crippen LogP contribution in [0.2, 0.25) is 5.02 Å². The number of unbranched alkanes of at least 4 members (excludes halogenated alkanes) is 1. The summed E-state index contributed by atoms with van der Waals surface area (Å²) in [6.07, 6.45) is 12.0. The van der Waals surface area contributed by atoms with Crippen molar-refractivity contribution < 1.29 is 13.2 Å². The van der Waals surface area contributed by atoms with Crippen LogP contribution >= 0.6 is 11.6 Å². The fraction of sp³-hybridized carbons (Fsp3) is 0.520. The van der Waals surface area contributed by atoms with Crippen molar-refractivity contribution in [3.8, 4) is 11.1 Å². The first-order valence-electron chi connectivity index (χ1n) is 10.9. The van der Waals surface area contributed by atoms with Gasteiger partial charge in [-0.25, -0.2) is 13.2 Å². The van der Waals surface area contributed by atoms with Gasteiger partial charge in [-0.2, -0.15) is 0 Å². The lowest BCUT2D eigenvalue weighted by atomic mass is 9.78. The zero-order valence-electron chi connectivity index (χ0n) is 17.1. The third kappa shape index (κ3) is 6.01. The van der Waals surface area contributed by atoms with Crippen LogP contribution in [-0.2, 0) is 6.42 Å². The van der Waals surface area contributed by atoms with Gasteiger partial charge in [0.05, 0.1) is 10.6 Å². The van der Waals surface area contributed by atoms with Crippen LogP contribution in [0.15, 0.2) is 30.3 Å². The fourth-order valence-corrected chi connectivity index (χ4v) is 4.71. The van der Waals surface area contributed by atoms with Crippen LogP contribution in [0.3, 0.4) is 0 Å². The molecule has 0 heterocycles. The molecule has 0 aromatic heterocycles. The smallest absolute Gasteiger partial charge is 0.142 e. The zero-order valence-corrected chi connectivity index (χ0v) is 17.9. The summed E-state index contributed by atoms with van der Waals surface area (Å²) in [5.74, 6) is -0.341. The molecule has 0 N–H and O–H groups in total. The number of aryl methyl sites for hydroxylation is 1. The summed E-state index contributed by atoms with van der Waals surface area (Å²) in [7, 11) is 0. The molecule has 2 aromatic rings. The molecule has 0 unspecified atom stereocenters. The molecule has 3 rings (SSSR count). The average Bonchev–Trinajstić information content (AvgIpc) is 2.69. The SMILES string of the molecule is CCCCC1CCC(CCCc2cc(F)c(-c3ccc(Cl)c(F)c3)c(F)c2)CC1. The summed E-state index contributed by atoms with van der Waals surface area (Å²) in [6.45, 7) is 2.25. The molecule has 158 valence electrons. The molecular weight excluding hydrogens is 393 g/mol. The summed E-state index contributed by atoms with van der Waals surface area (Å²) in [5, 5.41) is -0.0643. The van der Waals surface area contributed by atoms with Crippen LogP contribution in [0.25, 0.3) is 11.1 Å². The molecule has 0 nitrogen and oxygen atoms in total. The van der Waals surface area contributed by atoms with Gasteiger partial charge in [-0.05, 0) is 60.1 Å². The highest BCUT2D eigenvalue weighted by Gasteiger charge is 2.21. The summed E-state index contributed by atoms with van der Waals surface area (Å²) >= 11 is 5.66. The molecule has 2 aromatic carbocycles. The Morgan fingerprint density at radius 2 is 1.41 bits per heavy atom. The first-order valence-corrected chi connectivity index (χ1v) is 11.3. The highest BCUT2D eigenvalue weighted by molar-refractivity contribution is 6.30. The summed E-state index contributed by atoms with van der Waals surface area (Å²) in [5.41, 5.74) is 0.623. The van der Waals surface area contributed by atoms with E-state index in [0.717, 1.165) is 30.7 Å². The molecule has 0 bridgehead atoms. The second kappa shape index (κ2) is 10.5. The molecule has 0 atom stereocenters. The summed E-state index contributed by atoms with van der Waals surface area (Å²) < 4.78 is 42.8. The third-order valence-corrected chi connectivity index (χ3v) is 6.63. The molecule has 0 spiro atoms. The minimum absolute atomic E-state index is 0.0643. The molecule has 4 heteroatoms. The standard InChI is InChI=1S/C25H30ClF3/c1-2-3-5-17-8-10-18(11-9-17)6-4-7-19-14-23(28)25(24(29)15-19)20-12-13-21(26)22(27)16-20/h12-18H,2-11H2,1H3. The van der Waals surface area contributed by atoms with E-state index >= 15 is 0 Å². The molecule has 1 saturated carbocycles. The van der Waals surface area contributed by atoms with E-state index in [9.17, 15) is 13.2 Å². The topological polar surface area (TPSA) is 0 Å². The van der Waals surface area contributed by atoms with Gasteiger partial charge in [0.1, 0.15) is 17.5 Å². The van der Waals surface area contributed by atoms with Gasteiger partial charge < -0.3 is 0 Å². The van der Waals surface area contributed by atoms with Crippen LogP contribution in [-0.4, -0.2) is 0 Å². The first kappa shape index (κ1) is 22.2. The Labute approximate surface area is 177 Å². The third-order valence-electron chi connectivity index (χ3n) is 6.32. The van der Waals surface area contributed by atoms with Gasteiger partial charge in [0.15, 0.2) is 0 Å². The monoisotopic (exact) mass is 422 g/mol. The fourth-order valence-electron chi connectivity index (χ4n) is 4.59. The van der Waals surface area contributed by atoms with Crippen molar-refractivity contribution in [2.75, 3.05) is 0 Å². The van der Waals surface area contributed by atoms with E-state index in [1.807, 2.05) is 0 Å². The highest BCUT2D eigenvalue weighted by atomic mass is 35.5. The van der Waals surface area contributed by atoms with Crippen LogP contribution in [0.4, 0.5) is 13.2 Å². The molecule has 1 fully saturated rings. The molecule has 29 heavy (non-hydrogen) atoms. The van der Waals surface area contributed by atoms with Crippen molar-refractivity contribution >= 4 is 11.6 Å². The molecule has 0 amide bonds. The van der Waals surface area contributed by atoms with Crippen LogP contribution in [0, 0.1) is 29.3 Å². The van der Waals surface area contributed by atoms with E-state index in [1.165, 1.54) is 69.2 Å². The largest absolute Gasteiger partial charge is 0.206 e. The van der Waals surface area contributed by atoms with Gasteiger partial charge in [-0.3, -0.25) is 0 Å². The number of rotatable bonds is 8. The van der Waals surface area contributed by atoms with Crippen molar-refractivity contribution in [3.63, 3.8) is 0 Å². The lowest BCUT2D eigenvalue weighted by Gasteiger charge is -2.28. The van der Waals surface area contributed by atoms with Crippen molar-refractivity contribution in [3.05, 3.63) is 58.4 Å². The number of hydrogen-bond donors (Lipinski definition) is 0. The Morgan fingerprint density at radius 1 is 0.828 bits per heavy atom. The highest BCUT2D eigenvalue weighted by Crippen LogP contribution is 2.35. The van der Waals surface area contributed by atoms with E-state index in [1.54, 1.807) is 0 Å². The molecule has 0 radical (unpaired) electrons. The normalized spacial score (nSPS) is 19.5.